The quantitative estimate of drug-likeness (QED) is 0.896. The van der Waals surface area contributed by atoms with E-state index in [0.29, 0.717) is 26.4 Å². The molecule has 2 heterocycles. The third kappa shape index (κ3) is 3.18. The molecule has 0 radical (unpaired) electrons. The number of amides is 1. The molecule has 0 bridgehead atoms. The van der Waals surface area contributed by atoms with Gasteiger partial charge in [-0.25, -0.2) is 0 Å². The van der Waals surface area contributed by atoms with Crippen LogP contribution in [0.4, 0.5) is 0 Å². The minimum Gasteiger partial charge on any atom is -0.376 e. The largest absolute Gasteiger partial charge is 0.376 e. The molecule has 0 spiro atoms. The molecule has 0 unspecified atom stereocenters. The zero-order valence-corrected chi connectivity index (χ0v) is 10.1. The van der Waals surface area contributed by atoms with Crippen LogP contribution in [0.1, 0.15) is 4.88 Å². The average Bonchev–Trinajstić information content (AvgIpc) is 2.73. The molecule has 1 saturated heterocycles. The van der Waals surface area contributed by atoms with E-state index in [-0.39, 0.29) is 5.91 Å². The van der Waals surface area contributed by atoms with Crippen LogP contribution in [0, 0.1) is 0 Å². The molecule has 1 atom stereocenters. The Labute approximate surface area is 102 Å². The summed E-state index contributed by atoms with van der Waals surface area (Å²) in [6.07, 6.45) is -0.482. The zero-order valence-electron chi connectivity index (χ0n) is 8.57. The smallest absolute Gasteiger partial charge is 0.251 e. The number of carbonyl (C=O) groups excluding carboxylic acids is 1. The number of ether oxygens (including phenoxy) is 2. The van der Waals surface area contributed by atoms with Crippen LogP contribution in [0.15, 0.2) is 12.1 Å². The van der Waals surface area contributed by atoms with E-state index in [1.165, 1.54) is 11.3 Å². The fourth-order valence-corrected chi connectivity index (χ4v) is 2.40. The molecule has 1 aromatic heterocycles. The average molecular weight is 262 g/mol. The molecule has 2 rings (SSSR count). The van der Waals surface area contributed by atoms with Crippen molar-refractivity contribution in [2.24, 2.45) is 0 Å². The van der Waals surface area contributed by atoms with Crippen molar-refractivity contribution >= 4 is 28.8 Å². The maximum atomic E-state index is 11.6. The predicted octanol–water partition coefficient (Wildman–Crippen LogP) is 1.43. The number of carbonyl (C=O) groups is 1. The van der Waals surface area contributed by atoms with Gasteiger partial charge < -0.3 is 14.8 Å². The number of rotatable bonds is 3. The Hall–Kier alpha value is -0.620. The summed E-state index contributed by atoms with van der Waals surface area (Å²) >= 11 is 7.24. The first-order valence-corrected chi connectivity index (χ1v) is 6.16. The number of nitrogens with one attached hydrogen (secondary N) is 1. The minimum atomic E-state index is -0.482. The van der Waals surface area contributed by atoms with Gasteiger partial charge >= 0.3 is 0 Å². The summed E-state index contributed by atoms with van der Waals surface area (Å²) in [5, 5.41) is 2.79. The lowest BCUT2D eigenvalue weighted by Crippen LogP contribution is -2.42. The highest BCUT2D eigenvalue weighted by atomic mass is 35.5. The van der Waals surface area contributed by atoms with Gasteiger partial charge in [0.05, 0.1) is 30.7 Å². The van der Waals surface area contributed by atoms with Crippen molar-refractivity contribution in [1.82, 2.24) is 5.32 Å². The Morgan fingerprint density at radius 1 is 1.56 bits per heavy atom. The Bertz CT molecular complexity index is 363. The second-order valence-corrected chi connectivity index (χ2v) is 5.16. The van der Waals surface area contributed by atoms with Crippen molar-refractivity contribution in [2.45, 2.75) is 12.6 Å². The highest BCUT2D eigenvalue weighted by Crippen LogP contribution is 2.21. The van der Waals surface area contributed by atoms with Gasteiger partial charge in [0.25, 0.3) is 5.91 Å². The van der Waals surface area contributed by atoms with E-state index in [9.17, 15) is 4.79 Å². The lowest BCUT2D eigenvalue weighted by Gasteiger charge is -2.21. The van der Waals surface area contributed by atoms with Crippen LogP contribution < -0.4 is 5.32 Å². The van der Waals surface area contributed by atoms with Crippen LogP contribution in [-0.4, -0.2) is 31.8 Å². The molecule has 1 fully saturated rings. The van der Waals surface area contributed by atoms with Crippen LogP contribution >= 0.6 is 22.9 Å². The maximum Gasteiger partial charge on any atom is 0.251 e. The number of hydrogen-bond acceptors (Lipinski definition) is 4. The predicted molar refractivity (Wildman–Crippen MR) is 61.7 cm³/mol. The zero-order chi connectivity index (χ0) is 11.4. The topological polar surface area (TPSA) is 47.6 Å². The van der Waals surface area contributed by atoms with Crippen LogP contribution in [0.25, 0.3) is 0 Å². The minimum absolute atomic E-state index is 0.135. The fourth-order valence-electron chi connectivity index (χ4n) is 1.37. The SMILES string of the molecule is O=C(NCc1ccc(Cl)s1)[C@H]1COCCO1. The van der Waals surface area contributed by atoms with Crippen molar-refractivity contribution < 1.29 is 14.3 Å². The van der Waals surface area contributed by atoms with Crippen molar-refractivity contribution in [3.05, 3.63) is 21.3 Å². The second-order valence-electron chi connectivity index (χ2n) is 3.36. The molecule has 0 aliphatic carbocycles. The summed E-state index contributed by atoms with van der Waals surface area (Å²) < 4.78 is 11.2. The Kier molecular flexibility index (Phi) is 4.17. The summed E-state index contributed by atoms with van der Waals surface area (Å²) in [7, 11) is 0. The summed E-state index contributed by atoms with van der Waals surface area (Å²) in [4.78, 5) is 12.7. The molecule has 1 amide bonds. The Morgan fingerprint density at radius 2 is 2.44 bits per heavy atom. The van der Waals surface area contributed by atoms with E-state index >= 15 is 0 Å². The van der Waals surface area contributed by atoms with Gasteiger partial charge in [-0.2, -0.15) is 0 Å². The van der Waals surface area contributed by atoms with Gasteiger partial charge in [0, 0.05) is 4.88 Å². The summed E-state index contributed by atoms with van der Waals surface area (Å²) in [6.45, 7) is 1.85. The summed E-state index contributed by atoms with van der Waals surface area (Å²) in [6, 6.07) is 3.71. The molecule has 6 heteroatoms. The lowest BCUT2D eigenvalue weighted by atomic mass is 10.3. The fraction of sp³-hybridized carbons (Fsp3) is 0.500. The van der Waals surface area contributed by atoms with Gasteiger partial charge in [-0.05, 0) is 12.1 Å². The standard InChI is InChI=1S/C10H12ClNO3S/c11-9-2-1-7(16-9)5-12-10(13)8-6-14-3-4-15-8/h1-2,8H,3-6H2,(H,12,13)/t8-/m1/s1. The first-order valence-electron chi connectivity index (χ1n) is 4.97. The van der Waals surface area contributed by atoms with Crippen molar-refractivity contribution in [3.63, 3.8) is 0 Å². The van der Waals surface area contributed by atoms with Crippen LogP contribution in [0.3, 0.4) is 0 Å². The van der Waals surface area contributed by atoms with E-state index in [0.717, 1.165) is 9.21 Å². The van der Waals surface area contributed by atoms with Gasteiger partial charge in [0.2, 0.25) is 0 Å². The first kappa shape index (κ1) is 11.9. The lowest BCUT2D eigenvalue weighted by molar-refractivity contribution is -0.147. The molecule has 1 N–H and O–H groups in total. The van der Waals surface area contributed by atoms with Gasteiger partial charge in [0.1, 0.15) is 0 Å². The third-order valence-electron chi connectivity index (χ3n) is 2.17. The molecule has 1 aliphatic heterocycles. The van der Waals surface area contributed by atoms with Gasteiger partial charge in [0.15, 0.2) is 6.10 Å². The van der Waals surface area contributed by atoms with Crippen LogP contribution in [0.5, 0.6) is 0 Å². The summed E-state index contributed by atoms with van der Waals surface area (Å²) in [5.74, 6) is -0.135. The van der Waals surface area contributed by atoms with E-state index < -0.39 is 6.10 Å². The maximum absolute atomic E-state index is 11.6. The van der Waals surface area contributed by atoms with Gasteiger partial charge in [-0.1, -0.05) is 11.6 Å². The molecule has 1 aromatic rings. The van der Waals surface area contributed by atoms with Crippen molar-refractivity contribution in [2.75, 3.05) is 19.8 Å². The second kappa shape index (κ2) is 5.63. The van der Waals surface area contributed by atoms with Crippen molar-refractivity contribution in [3.8, 4) is 0 Å². The monoisotopic (exact) mass is 261 g/mol. The number of hydrogen-bond donors (Lipinski definition) is 1. The molecular formula is C10H12ClNO3S. The highest BCUT2D eigenvalue weighted by molar-refractivity contribution is 7.16. The molecule has 4 nitrogen and oxygen atoms in total. The van der Waals surface area contributed by atoms with Crippen molar-refractivity contribution in [1.29, 1.82) is 0 Å². The Morgan fingerprint density at radius 3 is 3.06 bits per heavy atom. The highest BCUT2D eigenvalue weighted by Gasteiger charge is 2.22. The van der Waals surface area contributed by atoms with Gasteiger partial charge in [-0.3, -0.25) is 4.79 Å². The molecule has 16 heavy (non-hydrogen) atoms. The molecule has 0 aromatic carbocycles. The van der Waals surface area contributed by atoms with E-state index in [4.69, 9.17) is 21.1 Å². The molecule has 88 valence electrons. The Balaban J connectivity index is 1.78. The van der Waals surface area contributed by atoms with Crippen LogP contribution in [0.2, 0.25) is 4.34 Å². The van der Waals surface area contributed by atoms with E-state index in [1.54, 1.807) is 0 Å². The van der Waals surface area contributed by atoms with Crippen LogP contribution in [-0.2, 0) is 20.8 Å². The number of halogens is 1. The first-order chi connectivity index (χ1) is 7.75. The van der Waals surface area contributed by atoms with E-state index in [2.05, 4.69) is 5.32 Å². The van der Waals surface area contributed by atoms with Gasteiger partial charge in [-0.15, -0.1) is 11.3 Å². The van der Waals surface area contributed by atoms with E-state index in [1.807, 2.05) is 12.1 Å². The third-order valence-corrected chi connectivity index (χ3v) is 3.41. The normalized spacial score (nSPS) is 20.7. The molecule has 1 aliphatic rings. The molecular weight excluding hydrogens is 250 g/mol. The number of thiophene rings is 1. The summed E-state index contributed by atoms with van der Waals surface area (Å²) in [5.41, 5.74) is 0. The molecule has 0 saturated carbocycles.